The summed E-state index contributed by atoms with van der Waals surface area (Å²) in [5.41, 5.74) is 7.14. The Balaban J connectivity index is 1.56. The maximum atomic E-state index is 10.7. The molecule has 7 heteroatoms. The summed E-state index contributed by atoms with van der Waals surface area (Å²) in [6.07, 6.45) is 5.12. The number of nitrogens with one attached hydrogen (secondary N) is 1. The molecule has 0 amide bonds. The lowest BCUT2D eigenvalue weighted by atomic mass is 10.0. The third kappa shape index (κ3) is 7.65. The zero-order chi connectivity index (χ0) is 27.6. The molecule has 0 radical (unpaired) electrons. The van der Waals surface area contributed by atoms with E-state index in [1.165, 1.54) is 0 Å². The van der Waals surface area contributed by atoms with Crippen molar-refractivity contribution in [3.8, 4) is 22.6 Å². The molecule has 0 aliphatic rings. The van der Waals surface area contributed by atoms with Gasteiger partial charge in [-0.1, -0.05) is 61.2 Å². The van der Waals surface area contributed by atoms with Crippen molar-refractivity contribution in [2.24, 2.45) is 5.18 Å². The number of halogens is 1. The van der Waals surface area contributed by atoms with Crippen molar-refractivity contribution in [3.63, 3.8) is 0 Å². The maximum absolute atomic E-state index is 10.7. The van der Waals surface area contributed by atoms with Crippen LogP contribution in [0.2, 0.25) is 0 Å². The smallest absolute Gasteiger partial charge is 0.128 e. The van der Waals surface area contributed by atoms with Gasteiger partial charge in [0.15, 0.2) is 0 Å². The van der Waals surface area contributed by atoms with Gasteiger partial charge in [0.1, 0.15) is 30.4 Å². The van der Waals surface area contributed by atoms with E-state index in [0.29, 0.717) is 25.5 Å². The van der Waals surface area contributed by atoms with E-state index in [1.54, 1.807) is 18.5 Å². The van der Waals surface area contributed by atoms with E-state index in [2.05, 4.69) is 68.3 Å². The Morgan fingerprint density at radius 1 is 1.00 bits per heavy atom. The molecule has 0 bridgehead atoms. The van der Waals surface area contributed by atoms with E-state index < -0.39 is 0 Å². The molecule has 0 aliphatic heterocycles. The molecule has 6 nitrogen and oxygen atoms in total. The highest BCUT2D eigenvalue weighted by Crippen LogP contribution is 2.34. The Hall–Kier alpha value is -4.23. The van der Waals surface area contributed by atoms with Crippen molar-refractivity contribution in [2.75, 3.05) is 0 Å². The first-order valence-corrected chi connectivity index (χ1v) is 13.3. The topological polar surface area (TPSA) is 72.8 Å². The van der Waals surface area contributed by atoms with Crippen molar-refractivity contribution in [1.82, 2.24) is 10.3 Å². The number of nitroso groups, excluding NO2 is 1. The molecule has 0 aliphatic carbocycles. The molecular formula is C32H30BrN3O3. The van der Waals surface area contributed by atoms with Crippen LogP contribution in [-0.4, -0.2) is 4.98 Å². The second-order valence-electron chi connectivity index (χ2n) is 9.07. The molecule has 0 atom stereocenters. The monoisotopic (exact) mass is 583 g/mol. The second kappa shape index (κ2) is 13.5. The molecular weight excluding hydrogens is 554 g/mol. The number of rotatable bonds is 12. The van der Waals surface area contributed by atoms with E-state index >= 15 is 0 Å². The molecule has 0 saturated carbocycles. The zero-order valence-electron chi connectivity index (χ0n) is 22.0. The van der Waals surface area contributed by atoms with Crippen molar-refractivity contribution in [1.29, 1.82) is 0 Å². The van der Waals surface area contributed by atoms with Gasteiger partial charge in [-0.3, -0.25) is 4.98 Å². The number of hydrogen-bond donors (Lipinski definition) is 1. The fourth-order valence-electron chi connectivity index (χ4n) is 4.05. The van der Waals surface area contributed by atoms with Crippen LogP contribution in [0, 0.1) is 11.8 Å². The Labute approximate surface area is 237 Å². The largest absolute Gasteiger partial charge is 0.488 e. The Morgan fingerprint density at radius 3 is 2.54 bits per heavy atom. The highest BCUT2D eigenvalue weighted by Gasteiger charge is 2.13. The van der Waals surface area contributed by atoms with Gasteiger partial charge in [0.05, 0.1) is 0 Å². The minimum atomic E-state index is 0.162. The van der Waals surface area contributed by atoms with Gasteiger partial charge in [-0.25, -0.2) is 0 Å². The highest BCUT2D eigenvalue weighted by atomic mass is 79.9. The first-order valence-electron chi connectivity index (χ1n) is 12.5. The molecule has 4 aromatic rings. The fourth-order valence-corrected chi connectivity index (χ4v) is 4.66. The van der Waals surface area contributed by atoms with E-state index in [-0.39, 0.29) is 5.70 Å². The quantitative estimate of drug-likeness (QED) is 0.134. The van der Waals surface area contributed by atoms with Gasteiger partial charge >= 0.3 is 0 Å². The fraction of sp³-hybridized carbons (Fsp3) is 0.156. The zero-order valence-corrected chi connectivity index (χ0v) is 23.6. The third-order valence-electron chi connectivity index (χ3n) is 6.08. The lowest BCUT2D eigenvalue weighted by molar-refractivity contribution is 0.285. The minimum Gasteiger partial charge on any atom is -0.488 e. The molecule has 0 fully saturated rings. The van der Waals surface area contributed by atoms with Gasteiger partial charge in [-0.15, -0.1) is 4.91 Å². The first-order chi connectivity index (χ1) is 18.9. The van der Waals surface area contributed by atoms with Crippen LogP contribution in [0.5, 0.6) is 11.5 Å². The van der Waals surface area contributed by atoms with E-state index in [1.807, 2.05) is 56.3 Å². The van der Waals surface area contributed by atoms with Gasteiger partial charge < -0.3 is 14.8 Å². The number of allylic oxidation sites excluding steroid dienone is 2. The summed E-state index contributed by atoms with van der Waals surface area (Å²) >= 11 is 3.79. The van der Waals surface area contributed by atoms with Gasteiger partial charge in [0.25, 0.3) is 0 Å². The number of aromatic nitrogens is 1. The molecule has 1 heterocycles. The Morgan fingerprint density at radius 2 is 1.79 bits per heavy atom. The molecule has 198 valence electrons. The summed E-state index contributed by atoms with van der Waals surface area (Å²) in [5, 5.41) is 6.15. The summed E-state index contributed by atoms with van der Waals surface area (Å²) < 4.78 is 13.6. The highest BCUT2D eigenvalue weighted by molar-refractivity contribution is 9.10. The van der Waals surface area contributed by atoms with Crippen LogP contribution in [0.15, 0.2) is 119 Å². The van der Waals surface area contributed by atoms with Gasteiger partial charge in [0.2, 0.25) is 0 Å². The maximum Gasteiger partial charge on any atom is 0.128 e. The first kappa shape index (κ1) is 27.8. The van der Waals surface area contributed by atoms with Crippen LogP contribution in [0.3, 0.4) is 0 Å². The summed E-state index contributed by atoms with van der Waals surface area (Å²) in [6, 6.07) is 24.3. The standard InChI is InChI=1S/C32H30BrN3O3/c1-22-15-28(19-35-23(2)16-24(3)36-37)31(38-20-25-9-8-14-34-18-25)17-30(22)39-21-27-12-7-13-29(32(27)33)26-10-5-4-6-11-26/h4-18,35H,3,19-21H2,1-2H3/b23-16+. The molecule has 4 rings (SSSR count). The molecule has 0 unspecified atom stereocenters. The predicted molar refractivity (Wildman–Crippen MR) is 159 cm³/mol. The molecule has 3 aromatic carbocycles. The number of ether oxygens (including phenoxy) is 2. The number of hydrogen-bond acceptors (Lipinski definition) is 6. The SMILES string of the molecule is C=C(/C=C(\C)NCc1cc(C)c(OCc2cccc(-c3ccccc3)c2Br)cc1OCc1cccnc1)N=O. The van der Waals surface area contributed by atoms with Crippen molar-refractivity contribution >= 4 is 15.9 Å². The summed E-state index contributed by atoms with van der Waals surface area (Å²) in [6.45, 7) is 8.73. The third-order valence-corrected chi connectivity index (χ3v) is 7.02. The molecule has 1 aromatic heterocycles. The van der Waals surface area contributed by atoms with Gasteiger partial charge in [0, 0.05) is 51.9 Å². The molecule has 39 heavy (non-hydrogen) atoms. The lowest BCUT2D eigenvalue weighted by Crippen LogP contribution is -2.12. The molecule has 0 spiro atoms. The lowest BCUT2D eigenvalue weighted by Gasteiger charge is -2.18. The van der Waals surface area contributed by atoms with Gasteiger partial charge in [-0.05, 0) is 69.9 Å². The Bertz CT molecular complexity index is 1470. The number of benzene rings is 3. The second-order valence-corrected chi connectivity index (χ2v) is 9.87. The van der Waals surface area contributed by atoms with Crippen LogP contribution in [0.1, 0.15) is 29.2 Å². The number of pyridine rings is 1. The number of aryl methyl sites for hydroxylation is 1. The van der Waals surface area contributed by atoms with Crippen LogP contribution in [-0.2, 0) is 19.8 Å². The summed E-state index contributed by atoms with van der Waals surface area (Å²) in [5.74, 6) is 1.44. The number of nitrogens with zero attached hydrogens (tertiary/aromatic N) is 2. The average Bonchev–Trinajstić information content (AvgIpc) is 2.96. The molecule has 0 saturated heterocycles. The van der Waals surface area contributed by atoms with Crippen LogP contribution < -0.4 is 14.8 Å². The summed E-state index contributed by atoms with van der Waals surface area (Å²) in [4.78, 5) is 14.9. The van der Waals surface area contributed by atoms with Crippen LogP contribution >= 0.6 is 15.9 Å². The van der Waals surface area contributed by atoms with E-state index in [0.717, 1.165) is 49.3 Å². The molecule has 1 N–H and O–H groups in total. The average molecular weight is 585 g/mol. The van der Waals surface area contributed by atoms with Gasteiger partial charge in [-0.2, -0.15) is 0 Å². The Kier molecular flexibility index (Phi) is 9.64. The van der Waals surface area contributed by atoms with Crippen LogP contribution in [0.25, 0.3) is 11.1 Å². The van der Waals surface area contributed by atoms with E-state index in [9.17, 15) is 4.91 Å². The predicted octanol–water partition coefficient (Wildman–Crippen LogP) is 8.25. The van der Waals surface area contributed by atoms with Crippen molar-refractivity contribution in [2.45, 2.75) is 33.6 Å². The van der Waals surface area contributed by atoms with E-state index in [4.69, 9.17) is 9.47 Å². The van der Waals surface area contributed by atoms with Crippen molar-refractivity contribution in [3.05, 3.63) is 141 Å². The normalized spacial score (nSPS) is 11.1. The summed E-state index contributed by atoms with van der Waals surface area (Å²) in [7, 11) is 0. The van der Waals surface area contributed by atoms with Crippen molar-refractivity contribution < 1.29 is 9.47 Å². The minimum absolute atomic E-state index is 0.162. The van der Waals surface area contributed by atoms with Crippen LogP contribution in [0.4, 0.5) is 0 Å².